The van der Waals surface area contributed by atoms with E-state index in [1.807, 2.05) is 61.5 Å². The number of nitrogens with zero attached hydrogens (tertiary/aromatic N) is 3. The zero-order valence-corrected chi connectivity index (χ0v) is 15.2. The number of thioether (sulfide) groups is 1. The van der Waals surface area contributed by atoms with E-state index in [2.05, 4.69) is 15.2 Å². The molecule has 0 unspecified atom stereocenters. The molecule has 0 spiro atoms. The molecule has 1 atom stereocenters. The van der Waals surface area contributed by atoms with Crippen molar-refractivity contribution < 1.29 is 4.79 Å². The third-order valence-corrected chi connectivity index (χ3v) is 4.88. The van der Waals surface area contributed by atoms with Gasteiger partial charge in [0.25, 0.3) is 0 Å². The smallest absolute Gasteiger partial charge is 0.240 e. The number of carbonyl (C=O) groups excluding carboxylic acids is 1. The van der Waals surface area contributed by atoms with Crippen molar-refractivity contribution in [1.29, 1.82) is 0 Å². The summed E-state index contributed by atoms with van der Waals surface area (Å²) in [5, 5.41) is 7.42. The summed E-state index contributed by atoms with van der Waals surface area (Å²) >= 11 is 1.35. The Morgan fingerprint density at radius 2 is 1.76 bits per heavy atom. The molecule has 0 bridgehead atoms. The van der Waals surface area contributed by atoms with Gasteiger partial charge in [-0.1, -0.05) is 71.9 Å². The molecule has 0 saturated heterocycles. The van der Waals surface area contributed by atoms with Crippen LogP contribution in [0, 0.1) is 6.92 Å². The van der Waals surface area contributed by atoms with Crippen LogP contribution in [0.2, 0.25) is 0 Å². The summed E-state index contributed by atoms with van der Waals surface area (Å²) < 4.78 is 0. The lowest BCUT2D eigenvalue weighted by atomic mass is 10.1. The Balaban J connectivity index is 1.85. The minimum Gasteiger partial charge on any atom is -0.348 e. The first-order valence-corrected chi connectivity index (χ1v) is 8.85. The molecule has 0 aliphatic rings. The highest BCUT2D eigenvalue weighted by molar-refractivity contribution is 8.00. The van der Waals surface area contributed by atoms with Crippen molar-refractivity contribution in [2.75, 3.05) is 14.1 Å². The van der Waals surface area contributed by atoms with Gasteiger partial charge in [0.1, 0.15) is 5.25 Å². The Morgan fingerprint density at radius 1 is 1.08 bits per heavy atom. The molecule has 6 heteroatoms. The van der Waals surface area contributed by atoms with Crippen LogP contribution in [0.1, 0.15) is 16.4 Å². The van der Waals surface area contributed by atoms with Crippen molar-refractivity contribution in [3.8, 4) is 11.4 Å². The van der Waals surface area contributed by atoms with Crippen LogP contribution in [0.5, 0.6) is 0 Å². The molecule has 5 nitrogen and oxygen atoms in total. The Bertz CT molecular complexity index is 843. The number of aromatic nitrogens is 3. The van der Waals surface area contributed by atoms with Crippen LogP contribution in [-0.2, 0) is 4.79 Å². The number of aromatic amines is 1. The highest BCUT2D eigenvalue weighted by Crippen LogP contribution is 2.35. The van der Waals surface area contributed by atoms with Gasteiger partial charge in [-0.25, -0.2) is 4.98 Å². The summed E-state index contributed by atoms with van der Waals surface area (Å²) in [6, 6.07) is 17.8. The molecule has 0 aliphatic heterocycles. The van der Waals surface area contributed by atoms with Gasteiger partial charge in [0.2, 0.25) is 11.1 Å². The Kier molecular flexibility index (Phi) is 5.19. The van der Waals surface area contributed by atoms with Crippen LogP contribution < -0.4 is 0 Å². The fourth-order valence-electron chi connectivity index (χ4n) is 2.37. The molecule has 3 aromatic rings. The monoisotopic (exact) mass is 352 g/mol. The van der Waals surface area contributed by atoms with Crippen molar-refractivity contribution in [2.24, 2.45) is 0 Å². The van der Waals surface area contributed by atoms with Gasteiger partial charge in [0.05, 0.1) is 0 Å². The van der Waals surface area contributed by atoms with E-state index < -0.39 is 0 Å². The number of hydrogen-bond acceptors (Lipinski definition) is 4. The second-order valence-electron chi connectivity index (χ2n) is 5.97. The van der Waals surface area contributed by atoms with Crippen molar-refractivity contribution in [3.05, 3.63) is 65.7 Å². The molecule has 0 radical (unpaired) electrons. The largest absolute Gasteiger partial charge is 0.348 e. The van der Waals surface area contributed by atoms with E-state index in [4.69, 9.17) is 0 Å². The maximum atomic E-state index is 12.6. The molecule has 3 rings (SSSR count). The number of nitrogens with one attached hydrogen (secondary N) is 1. The lowest BCUT2D eigenvalue weighted by molar-refractivity contribution is -0.128. The molecule has 0 aliphatic carbocycles. The van der Waals surface area contributed by atoms with Crippen LogP contribution in [0.3, 0.4) is 0 Å². The van der Waals surface area contributed by atoms with E-state index in [1.54, 1.807) is 19.0 Å². The average Bonchev–Trinajstić information content (AvgIpc) is 3.09. The maximum Gasteiger partial charge on any atom is 0.240 e. The number of carbonyl (C=O) groups is 1. The molecular formula is C19H20N4OS. The number of hydrogen-bond donors (Lipinski definition) is 1. The van der Waals surface area contributed by atoms with Crippen LogP contribution in [-0.4, -0.2) is 40.1 Å². The fraction of sp³-hybridized carbons (Fsp3) is 0.211. The van der Waals surface area contributed by atoms with E-state index >= 15 is 0 Å². The molecule has 128 valence electrons. The van der Waals surface area contributed by atoms with E-state index in [0.29, 0.717) is 11.0 Å². The maximum absolute atomic E-state index is 12.6. The van der Waals surface area contributed by atoms with Crippen LogP contribution in [0.15, 0.2) is 59.8 Å². The van der Waals surface area contributed by atoms with Gasteiger partial charge in [0, 0.05) is 19.7 Å². The molecule has 1 amide bonds. The van der Waals surface area contributed by atoms with Gasteiger partial charge in [-0.2, -0.15) is 0 Å². The molecule has 25 heavy (non-hydrogen) atoms. The van der Waals surface area contributed by atoms with Gasteiger partial charge in [-0.15, -0.1) is 5.10 Å². The zero-order valence-electron chi connectivity index (χ0n) is 14.4. The highest BCUT2D eigenvalue weighted by atomic mass is 32.2. The third-order valence-electron chi connectivity index (χ3n) is 3.78. The van der Waals surface area contributed by atoms with Gasteiger partial charge in [0.15, 0.2) is 5.82 Å². The average molecular weight is 352 g/mol. The number of benzene rings is 2. The summed E-state index contributed by atoms with van der Waals surface area (Å²) in [6.07, 6.45) is 0. The molecule has 1 aromatic heterocycles. The second kappa shape index (κ2) is 7.53. The molecule has 1 heterocycles. The van der Waals surface area contributed by atoms with Crippen molar-refractivity contribution >= 4 is 17.7 Å². The van der Waals surface area contributed by atoms with Crippen molar-refractivity contribution in [3.63, 3.8) is 0 Å². The molecule has 2 aromatic carbocycles. The number of aryl methyl sites for hydroxylation is 1. The topological polar surface area (TPSA) is 61.9 Å². The predicted molar refractivity (Wildman–Crippen MR) is 100 cm³/mol. The molecular weight excluding hydrogens is 332 g/mol. The first-order chi connectivity index (χ1) is 12.0. The Labute approximate surface area is 151 Å². The fourth-order valence-corrected chi connectivity index (χ4v) is 3.43. The van der Waals surface area contributed by atoms with Crippen molar-refractivity contribution in [2.45, 2.75) is 17.3 Å². The van der Waals surface area contributed by atoms with Crippen LogP contribution >= 0.6 is 11.8 Å². The van der Waals surface area contributed by atoms with E-state index in [9.17, 15) is 4.79 Å². The highest BCUT2D eigenvalue weighted by Gasteiger charge is 2.25. The molecule has 0 saturated carbocycles. The second-order valence-corrected chi connectivity index (χ2v) is 7.05. The summed E-state index contributed by atoms with van der Waals surface area (Å²) in [4.78, 5) is 18.7. The first-order valence-electron chi connectivity index (χ1n) is 7.97. The number of rotatable bonds is 5. The molecule has 0 fully saturated rings. The summed E-state index contributed by atoms with van der Waals surface area (Å²) in [7, 11) is 3.52. The number of likely N-dealkylation sites (N-methyl/N-ethyl adjacent to an activating group) is 1. The normalized spacial score (nSPS) is 12.0. The minimum atomic E-state index is -0.377. The lowest BCUT2D eigenvalue weighted by Crippen LogP contribution is -2.26. The van der Waals surface area contributed by atoms with E-state index in [-0.39, 0.29) is 11.2 Å². The summed E-state index contributed by atoms with van der Waals surface area (Å²) in [5.74, 6) is 0.712. The standard InChI is InChI=1S/C19H20N4OS/c1-13-9-11-15(12-10-13)17-20-19(22-21-17)25-16(18(24)23(2)3)14-7-5-4-6-8-14/h4-12,16H,1-3H3,(H,20,21,22)/t16-/m1/s1. The summed E-state index contributed by atoms with van der Waals surface area (Å²) in [6.45, 7) is 2.04. The van der Waals surface area contributed by atoms with Gasteiger partial charge in [-0.3, -0.25) is 9.89 Å². The lowest BCUT2D eigenvalue weighted by Gasteiger charge is -2.19. The van der Waals surface area contributed by atoms with E-state index in [1.165, 1.54) is 17.3 Å². The van der Waals surface area contributed by atoms with E-state index in [0.717, 1.165) is 11.1 Å². The van der Waals surface area contributed by atoms with Crippen molar-refractivity contribution in [1.82, 2.24) is 20.1 Å². The van der Waals surface area contributed by atoms with Crippen LogP contribution in [0.4, 0.5) is 0 Å². The van der Waals surface area contributed by atoms with Gasteiger partial charge >= 0.3 is 0 Å². The first kappa shape index (κ1) is 17.2. The SMILES string of the molecule is Cc1ccc(-c2nc(S[C@@H](C(=O)N(C)C)c3ccccc3)n[nH]2)cc1. The number of amides is 1. The molecule has 1 N–H and O–H groups in total. The third kappa shape index (κ3) is 4.09. The van der Waals surface area contributed by atoms with Gasteiger partial charge < -0.3 is 4.90 Å². The number of H-pyrrole nitrogens is 1. The Morgan fingerprint density at radius 3 is 2.40 bits per heavy atom. The quantitative estimate of drug-likeness (QED) is 0.711. The van der Waals surface area contributed by atoms with Crippen LogP contribution in [0.25, 0.3) is 11.4 Å². The minimum absolute atomic E-state index is 0.0119. The predicted octanol–water partition coefficient (Wildman–Crippen LogP) is 3.70. The zero-order chi connectivity index (χ0) is 17.8. The Hall–Kier alpha value is -2.60. The van der Waals surface area contributed by atoms with Gasteiger partial charge in [-0.05, 0) is 12.5 Å². The summed E-state index contributed by atoms with van der Waals surface area (Å²) in [5.41, 5.74) is 3.10.